The van der Waals surface area contributed by atoms with Crippen LogP contribution < -0.4 is 10.5 Å². The fraction of sp³-hybridized carbons (Fsp3) is 0.143. The zero-order valence-corrected chi connectivity index (χ0v) is 11.4. The number of benzene rings is 2. The van der Waals surface area contributed by atoms with Crippen LogP contribution in [0.4, 0.5) is 0 Å². The first kappa shape index (κ1) is 13.2. The molecule has 0 saturated carbocycles. The average Bonchev–Trinajstić information content (AvgIpc) is 2.36. The maximum absolute atomic E-state index is 6.14. The van der Waals surface area contributed by atoms with Gasteiger partial charge in [-0.2, -0.15) is 0 Å². The molecule has 0 aliphatic rings. The van der Waals surface area contributed by atoms with Crippen molar-refractivity contribution in [2.45, 2.75) is 13.5 Å². The second kappa shape index (κ2) is 5.61. The third-order valence-electron chi connectivity index (χ3n) is 2.60. The molecular formula is C14H13Cl2NO. The van der Waals surface area contributed by atoms with E-state index >= 15 is 0 Å². The number of hydrogen-bond donors (Lipinski definition) is 1. The molecule has 2 aromatic rings. The zero-order valence-electron chi connectivity index (χ0n) is 9.91. The highest BCUT2D eigenvalue weighted by Gasteiger charge is 2.07. The van der Waals surface area contributed by atoms with Crippen LogP contribution >= 0.6 is 23.2 Å². The highest BCUT2D eigenvalue weighted by molar-refractivity contribution is 6.32. The molecule has 0 spiro atoms. The molecule has 0 atom stereocenters. The molecule has 2 N–H and O–H groups in total. The summed E-state index contributed by atoms with van der Waals surface area (Å²) in [7, 11) is 0. The molecular weight excluding hydrogens is 269 g/mol. The second-order valence-corrected chi connectivity index (χ2v) is 4.82. The van der Waals surface area contributed by atoms with Crippen molar-refractivity contribution in [3.8, 4) is 11.5 Å². The van der Waals surface area contributed by atoms with E-state index in [4.69, 9.17) is 33.7 Å². The second-order valence-electron chi connectivity index (χ2n) is 3.98. The van der Waals surface area contributed by atoms with Crippen molar-refractivity contribution in [3.63, 3.8) is 0 Å². The smallest absolute Gasteiger partial charge is 0.146 e. The molecule has 0 heterocycles. The van der Waals surface area contributed by atoms with Gasteiger partial charge in [-0.05, 0) is 42.3 Å². The van der Waals surface area contributed by atoms with Gasteiger partial charge in [0.15, 0.2) is 0 Å². The van der Waals surface area contributed by atoms with E-state index < -0.39 is 0 Å². The Labute approximate surface area is 116 Å². The molecule has 18 heavy (non-hydrogen) atoms. The number of halogens is 2. The van der Waals surface area contributed by atoms with Gasteiger partial charge in [0.1, 0.15) is 11.5 Å². The Morgan fingerprint density at radius 2 is 1.83 bits per heavy atom. The lowest BCUT2D eigenvalue weighted by Gasteiger charge is -2.11. The average molecular weight is 282 g/mol. The van der Waals surface area contributed by atoms with Crippen LogP contribution in [-0.4, -0.2) is 0 Å². The number of hydrogen-bond acceptors (Lipinski definition) is 2. The van der Waals surface area contributed by atoms with Gasteiger partial charge < -0.3 is 10.5 Å². The van der Waals surface area contributed by atoms with Crippen molar-refractivity contribution in [3.05, 3.63) is 57.6 Å². The SMILES string of the molecule is Cc1ccc(Cl)cc1Oc1ccc(CN)cc1Cl. The molecule has 0 aliphatic carbocycles. The summed E-state index contributed by atoms with van der Waals surface area (Å²) in [5, 5.41) is 1.17. The highest BCUT2D eigenvalue weighted by Crippen LogP contribution is 2.33. The Bertz CT molecular complexity index is 570. The number of nitrogens with two attached hydrogens (primary N) is 1. The van der Waals surface area contributed by atoms with E-state index in [1.54, 1.807) is 12.1 Å². The Morgan fingerprint density at radius 3 is 2.50 bits per heavy atom. The minimum absolute atomic E-state index is 0.455. The predicted octanol–water partition coefficient (Wildman–Crippen LogP) is 4.55. The first-order valence-electron chi connectivity index (χ1n) is 5.52. The van der Waals surface area contributed by atoms with Crippen molar-refractivity contribution < 1.29 is 4.74 Å². The Kier molecular flexibility index (Phi) is 4.12. The van der Waals surface area contributed by atoms with Gasteiger partial charge in [-0.1, -0.05) is 35.3 Å². The minimum Gasteiger partial charge on any atom is -0.455 e. The molecule has 2 nitrogen and oxygen atoms in total. The third-order valence-corrected chi connectivity index (χ3v) is 3.13. The van der Waals surface area contributed by atoms with Crippen molar-refractivity contribution >= 4 is 23.2 Å². The summed E-state index contributed by atoms with van der Waals surface area (Å²) in [6.07, 6.45) is 0. The van der Waals surface area contributed by atoms with Crippen LogP contribution in [0.5, 0.6) is 11.5 Å². The summed E-state index contributed by atoms with van der Waals surface area (Å²) in [5.41, 5.74) is 7.51. The van der Waals surface area contributed by atoms with E-state index in [1.165, 1.54) is 0 Å². The van der Waals surface area contributed by atoms with Crippen LogP contribution in [0.25, 0.3) is 0 Å². The van der Waals surface area contributed by atoms with E-state index in [9.17, 15) is 0 Å². The van der Waals surface area contributed by atoms with Crippen molar-refractivity contribution in [1.29, 1.82) is 0 Å². The normalized spacial score (nSPS) is 10.4. The van der Waals surface area contributed by atoms with Gasteiger partial charge >= 0.3 is 0 Å². The van der Waals surface area contributed by atoms with Gasteiger partial charge in [0.05, 0.1) is 5.02 Å². The lowest BCUT2D eigenvalue weighted by atomic mass is 10.2. The highest BCUT2D eigenvalue weighted by atomic mass is 35.5. The molecule has 0 radical (unpaired) electrons. The monoisotopic (exact) mass is 281 g/mol. The molecule has 0 amide bonds. The molecule has 94 valence electrons. The standard InChI is InChI=1S/C14H13Cl2NO/c1-9-2-4-11(15)7-14(9)18-13-5-3-10(8-17)6-12(13)16/h2-7H,8,17H2,1H3. The molecule has 2 rings (SSSR count). The Hall–Kier alpha value is -1.22. The third kappa shape index (κ3) is 2.96. The van der Waals surface area contributed by atoms with Gasteiger partial charge in [0, 0.05) is 11.6 Å². The van der Waals surface area contributed by atoms with Crippen molar-refractivity contribution in [2.75, 3.05) is 0 Å². The summed E-state index contributed by atoms with van der Waals surface area (Å²) in [6, 6.07) is 11.0. The summed E-state index contributed by atoms with van der Waals surface area (Å²) >= 11 is 12.1. The lowest BCUT2D eigenvalue weighted by Crippen LogP contribution is -1.96. The Morgan fingerprint density at radius 1 is 1.06 bits per heavy atom. The first-order valence-corrected chi connectivity index (χ1v) is 6.28. The summed E-state index contributed by atoms with van der Waals surface area (Å²) < 4.78 is 5.76. The Balaban J connectivity index is 2.31. The van der Waals surface area contributed by atoms with Gasteiger partial charge in [-0.3, -0.25) is 0 Å². The first-order chi connectivity index (χ1) is 8.60. The maximum atomic E-state index is 6.14. The molecule has 0 bridgehead atoms. The van der Waals surface area contributed by atoms with Crippen LogP contribution in [-0.2, 0) is 6.54 Å². The van der Waals surface area contributed by atoms with Crippen LogP contribution in [0.3, 0.4) is 0 Å². The minimum atomic E-state index is 0.455. The topological polar surface area (TPSA) is 35.2 Å². The molecule has 2 aromatic carbocycles. The maximum Gasteiger partial charge on any atom is 0.146 e. The molecule has 0 saturated heterocycles. The molecule has 4 heteroatoms. The number of aryl methyl sites for hydroxylation is 1. The summed E-state index contributed by atoms with van der Waals surface area (Å²) in [4.78, 5) is 0. The van der Waals surface area contributed by atoms with Crippen LogP contribution in [0, 0.1) is 6.92 Å². The molecule has 0 aliphatic heterocycles. The van der Waals surface area contributed by atoms with E-state index in [2.05, 4.69) is 0 Å². The molecule has 0 aromatic heterocycles. The zero-order chi connectivity index (χ0) is 13.1. The number of rotatable bonds is 3. The van der Waals surface area contributed by atoms with E-state index in [0.29, 0.717) is 28.1 Å². The fourth-order valence-corrected chi connectivity index (χ4v) is 1.96. The molecule has 0 fully saturated rings. The van der Waals surface area contributed by atoms with Gasteiger partial charge in [-0.25, -0.2) is 0 Å². The quantitative estimate of drug-likeness (QED) is 0.896. The fourth-order valence-electron chi connectivity index (χ4n) is 1.56. The van der Waals surface area contributed by atoms with E-state index in [1.807, 2.05) is 31.2 Å². The predicted molar refractivity (Wildman–Crippen MR) is 75.6 cm³/mol. The van der Waals surface area contributed by atoms with Crippen LogP contribution in [0.1, 0.15) is 11.1 Å². The van der Waals surface area contributed by atoms with Gasteiger partial charge in [0.2, 0.25) is 0 Å². The van der Waals surface area contributed by atoms with Gasteiger partial charge in [-0.15, -0.1) is 0 Å². The van der Waals surface area contributed by atoms with Crippen LogP contribution in [0.2, 0.25) is 10.0 Å². The van der Waals surface area contributed by atoms with Crippen molar-refractivity contribution in [2.24, 2.45) is 5.73 Å². The van der Waals surface area contributed by atoms with E-state index in [-0.39, 0.29) is 0 Å². The van der Waals surface area contributed by atoms with Crippen LogP contribution in [0.15, 0.2) is 36.4 Å². The number of ether oxygens (including phenoxy) is 1. The lowest BCUT2D eigenvalue weighted by molar-refractivity contribution is 0.479. The van der Waals surface area contributed by atoms with Crippen molar-refractivity contribution in [1.82, 2.24) is 0 Å². The van der Waals surface area contributed by atoms with Gasteiger partial charge in [0.25, 0.3) is 0 Å². The molecule has 0 unspecified atom stereocenters. The van der Waals surface area contributed by atoms with E-state index in [0.717, 1.165) is 11.1 Å². The summed E-state index contributed by atoms with van der Waals surface area (Å²) in [5.74, 6) is 1.30. The summed E-state index contributed by atoms with van der Waals surface area (Å²) in [6.45, 7) is 2.41. The largest absolute Gasteiger partial charge is 0.455 e.